The molecule has 0 aliphatic rings. The van der Waals surface area contributed by atoms with Crippen LogP contribution in [-0.2, 0) is 12.0 Å². The third-order valence-electron chi connectivity index (χ3n) is 4.31. The van der Waals surface area contributed by atoms with E-state index in [1.54, 1.807) is 10.9 Å². The van der Waals surface area contributed by atoms with Crippen molar-refractivity contribution in [3.8, 4) is 5.75 Å². The van der Waals surface area contributed by atoms with Gasteiger partial charge in [-0.05, 0) is 55.2 Å². The monoisotopic (exact) mass is 383 g/mol. The number of hydrogen-bond acceptors (Lipinski definition) is 4. The van der Waals surface area contributed by atoms with Crippen LogP contribution in [0.1, 0.15) is 49.1 Å². The third-order valence-corrected chi connectivity index (χ3v) is 4.57. The molecule has 0 saturated carbocycles. The summed E-state index contributed by atoms with van der Waals surface area (Å²) in [7, 11) is 0. The van der Waals surface area contributed by atoms with Crippen molar-refractivity contribution in [2.45, 2.75) is 46.6 Å². The molecule has 3 aromatic rings. The van der Waals surface area contributed by atoms with E-state index in [1.165, 1.54) is 5.56 Å². The molecule has 0 aliphatic heterocycles. The molecule has 0 spiro atoms. The molecule has 0 bridgehead atoms. The van der Waals surface area contributed by atoms with Crippen LogP contribution >= 0.6 is 12.2 Å². The van der Waals surface area contributed by atoms with E-state index in [1.807, 2.05) is 32.0 Å². The van der Waals surface area contributed by atoms with E-state index in [9.17, 15) is 0 Å². The Bertz CT molecular complexity index is 1000. The number of nitrogens with one attached hydrogen (secondary N) is 2. The van der Waals surface area contributed by atoms with Gasteiger partial charge in [-0.15, -0.1) is 0 Å². The molecule has 7 heteroatoms. The smallest absolute Gasteiger partial charge is 0.216 e. The Kier molecular flexibility index (Phi) is 5.32. The quantitative estimate of drug-likeness (QED) is 0.498. The van der Waals surface area contributed by atoms with E-state index in [2.05, 4.69) is 53.2 Å². The average molecular weight is 384 g/mol. The first kappa shape index (κ1) is 19.1. The first-order chi connectivity index (χ1) is 12.7. The van der Waals surface area contributed by atoms with Crippen molar-refractivity contribution < 1.29 is 4.74 Å². The van der Waals surface area contributed by atoms with Gasteiger partial charge in [0.15, 0.2) is 5.82 Å². The lowest BCUT2D eigenvalue weighted by Crippen LogP contribution is -2.10. The van der Waals surface area contributed by atoms with Gasteiger partial charge in [0, 0.05) is 17.0 Å². The molecule has 142 valence electrons. The van der Waals surface area contributed by atoms with Gasteiger partial charge in [-0.25, -0.2) is 5.10 Å². The van der Waals surface area contributed by atoms with Crippen molar-refractivity contribution in [2.75, 3.05) is 0 Å². The fourth-order valence-electron chi connectivity index (χ4n) is 2.74. The highest BCUT2D eigenvalue weighted by atomic mass is 32.1. The summed E-state index contributed by atoms with van der Waals surface area (Å²) < 4.78 is 7.88. The normalized spacial score (nSPS) is 12.0. The highest BCUT2D eigenvalue weighted by Gasteiger charge is 2.13. The van der Waals surface area contributed by atoms with E-state index in [-0.39, 0.29) is 12.0 Å². The van der Waals surface area contributed by atoms with Crippen molar-refractivity contribution in [3.63, 3.8) is 0 Å². The summed E-state index contributed by atoms with van der Waals surface area (Å²) in [6.45, 7) is 10.8. The van der Waals surface area contributed by atoms with E-state index in [4.69, 9.17) is 17.0 Å². The van der Waals surface area contributed by atoms with Crippen LogP contribution in [-0.4, -0.2) is 26.1 Å². The van der Waals surface area contributed by atoms with Gasteiger partial charge in [0.2, 0.25) is 4.77 Å². The van der Waals surface area contributed by atoms with Gasteiger partial charge >= 0.3 is 0 Å². The van der Waals surface area contributed by atoms with Crippen LogP contribution in [0, 0.1) is 18.6 Å². The maximum absolute atomic E-state index is 5.86. The molecule has 0 atom stereocenters. The lowest BCUT2D eigenvalue weighted by molar-refractivity contribution is 0.290. The van der Waals surface area contributed by atoms with Gasteiger partial charge in [-0.3, -0.25) is 0 Å². The number of ether oxygens (including phenoxy) is 1. The van der Waals surface area contributed by atoms with Crippen LogP contribution in [0.4, 0.5) is 0 Å². The topological polar surface area (TPSA) is 71.0 Å². The van der Waals surface area contributed by atoms with Crippen LogP contribution in [0.2, 0.25) is 0 Å². The molecular formula is C20H25N5OS. The van der Waals surface area contributed by atoms with Gasteiger partial charge < -0.3 is 9.72 Å². The molecule has 0 fully saturated rings. The molecule has 0 amide bonds. The van der Waals surface area contributed by atoms with Crippen LogP contribution in [0.3, 0.4) is 0 Å². The molecule has 0 aliphatic carbocycles. The zero-order valence-corrected chi connectivity index (χ0v) is 17.1. The number of aromatic amines is 2. The number of aryl methyl sites for hydroxylation is 2. The Morgan fingerprint density at radius 3 is 2.52 bits per heavy atom. The molecule has 2 heterocycles. The fourth-order valence-corrected chi connectivity index (χ4v) is 2.93. The van der Waals surface area contributed by atoms with E-state index in [0.29, 0.717) is 10.6 Å². The summed E-state index contributed by atoms with van der Waals surface area (Å²) in [4.78, 5) is 3.25. The minimum Gasteiger partial charge on any atom is -0.486 e. The van der Waals surface area contributed by atoms with Crippen molar-refractivity contribution in [1.29, 1.82) is 0 Å². The van der Waals surface area contributed by atoms with Crippen LogP contribution in [0.25, 0.3) is 0 Å². The maximum atomic E-state index is 5.86. The summed E-state index contributed by atoms with van der Waals surface area (Å²) in [6.07, 6.45) is 1.77. The lowest BCUT2D eigenvalue weighted by atomic mass is 9.87. The largest absolute Gasteiger partial charge is 0.486 e. The number of nitrogens with zero attached hydrogens (tertiary/aromatic N) is 3. The highest BCUT2D eigenvalue weighted by Crippen LogP contribution is 2.24. The zero-order chi connectivity index (χ0) is 19.6. The van der Waals surface area contributed by atoms with Crippen LogP contribution in [0.5, 0.6) is 5.75 Å². The van der Waals surface area contributed by atoms with E-state index >= 15 is 0 Å². The lowest BCUT2D eigenvalue weighted by Gasteiger charge is -2.19. The van der Waals surface area contributed by atoms with E-state index < -0.39 is 0 Å². The minimum absolute atomic E-state index is 0.115. The Morgan fingerprint density at radius 2 is 1.93 bits per heavy atom. The number of benzene rings is 1. The summed E-state index contributed by atoms with van der Waals surface area (Å²) in [5.41, 5.74) is 4.54. The molecule has 0 unspecified atom stereocenters. The standard InChI is InChI=1S/C20H25N5OS/c1-13-10-15(14(2)22-13)11-21-25-18(23-24-19(25)27)12-26-17-8-6-16(7-9-17)20(3,4)5/h6-11,22H,12H2,1-5H3,(H,24,27)/b21-11+. The van der Waals surface area contributed by atoms with Crippen molar-refractivity contribution in [2.24, 2.45) is 5.10 Å². The molecule has 1 aromatic carbocycles. The van der Waals surface area contributed by atoms with Crippen LogP contribution < -0.4 is 4.74 Å². The van der Waals surface area contributed by atoms with Gasteiger partial charge in [0.05, 0.1) is 6.21 Å². The molecule has 2 N–H and O–H groups in total. The summed E-state index contributed by atoms with van der Waals surface area (Å²) in [6, 6.07) is 10.2. The molecule has 3 rings (SSSR count). The van der Waals surface area contributed by atoms with Gasteiger partial charge in [0.1, 0.15) is 12.4 Å². The van der Waals surface area contributed by atoms with Gasteiger partial charge in [-0.1, -0.05) is 32.9 Å². The first-order valence-corrected chi connectivity index (χ1v) is 9.25. The predicted molar refractivity (Wildman–Crippen MR) is 110 cm³/mol. The predicted octanol–water partition coefficient (Wildman–Crippen LogP) is 4.64. The highest BCUT2D eigenvalue weighted by molar-refractivity contribution is 7.71. The second-order valence-electron chi connectivity index (χ2n) is 7.60. The maximum Gasteiger partial charge on any atom is 0.216 e. The van der Waals surface area contributed by atoms with Crippen molar-refractivity contribution in [1.82, 2.24) is 19.9 Å². The molecule has 0 radical (unpaired) electrons. The zero-order valence-electron chi connectivity index (χ0n) is 16.3. The summed E-state index contributed by atoms with van der Waals surface area (Å²) in [5.74, 6) is 1.39. The van der Waals surface area contributed by atoms with E-state index in [0.717, 1.165) is 22.7 Å². The Morgan fingerprint density at radius 1 is 1.22 bits per heavy atom. The van der Waals surface area contributed by atoms with Gasteiger partial charge in [0.25, 0.3) is 0 Å². The Balaban J connectivity index is 1.73. The minimum atomic E-state index is 0.115. The molecule has 2 aromatic heterocycles. The first-order valence-electron chi connectivity index (χ1n) is 8.84. The van der Waals surface area contributed by atoms with Crippen LogP contribution in [0.15, 0.2) is 35.4 Å². The molecule has 0 saturated heterocycles. The second kappa shape index (κ2) is 7.52. The number of rotatable bonds is 5. The SMILES string of the molecule is Cc1cc(/C=N/n2c(COc3ccc(C(C)(C)C)cc3)n[nH]c2=S)c(C)[nH]1. The van der Waals surface area contributed by atoms with Crippen molar-refractivity contribution in [3.05, 3.63) is 63.4 Å². The molecule has 27 heavy (non-hydrogen) atoms. The summed E-state index contributed by atoms with van der Waals surface area (Å²) >= 11 is 5.28. The number of hydrogen-bond donors (Lipinski definition) is 2. The number of aromatic nitrogens is 4. The third kappa shape index (κ3) is 4.54. The van der Waals surface area contributed by atoms with Gasteiger partial charge in [-0.2, -0.15) is 14.9 Å². The average Bonchev–Trinajstić information content (AvgIpc) is 3.12. The molecule has 6 nitrogen and oxygen atoms in total. The number of H-pyrrole nitrogens is 2. The molecular weight excluding hydrogens is 358 g/mol. The Labute approximate surface area is 164 Å². The Hall–Kier alpha value is -2.67. The second-order valence-corrected chi connectivity index (χ2v) is 7.98. The van der Waals surface area contributed by atoms with Crippen molar-refractivity contribution >= 4 is 18.4 Å². The summed E-state index contributed by atoms with van der Waals surface area (Å²) in [5, 5.41) is 11.5. The fraction of sp³-hybridized carbons (Fsp3) is 0.350.